The third-order valence-corrected chi connectivity index (χ3v) is 4.19. The highest BCUT2D eigenvalue weighted by Gasteiger charge is 2.24. The van der Waals surface area contributed by atoms with Crippen LogP contribution in [0.25, 0.3) is 0 Å². The SMILES string of the molecule is CCC(C#N)(CCCSc1nc(C)c(C)o1)NC. The second-order valence-electron chi connectivity index (χ2n) is 4.37. The van der Waals surface area contributed by atoms with Gasteiger partial charge in [0.05, 0.1) is 11.8 Å². The fourth-order valence-electron chi connectivity index (χ4n) is 1.71. The summed E-state index contributed by atoms with van der Waals surface area (Å²) in [5, 5.41) is 13.0. The van der Waals surface area contributed by atoms with E-state index in [2.05, 4.69) is 16.4 Å². The second-order valence-corrected chi connectivity index (χ2v) is 5.42. The van der Waals surface area contributed by atoms with Crippen LogP contribution in [-0.4, -0.2) is 23.3 Å². The molecule has 1 aromatic heterocycles. The predicted octanol–water partition coefficient (Wildman–Crippen LogP) is 3.06. The molecule has 0 aliphatic rings. The van der Waals surface area contributed by atoms with E-state index in [0.717, 1.165) is 41.7 Å². The maximum atomic E-state index is 9.18. The Morgan fingerprint density at radius 2 is 2.22 bits per heavy atom. The smallest absolute Gasteiger partial charge is 0.256 e. The Bertz CT molecular complexity index is 399. The van der Waals surface area contributed by atoms with E-state index >= 15 is 0 Å². The summed E-state index contributed by atoms with van der Waals surface area (Å²) < 4.78 is 5.50. The molecule has 1 atom stereocenters. The molecule has 0 radical (unpaired) electrons. The third kappa shape index (κ3) is 3.76. The molecule has 0 aromatic carbocycles. The van der Waals surface area contributed by atoms with E-state index < -0.39 is 0 Å². The molecule has 1 unspecified atom stereocenters. The zero-order valence-corrected chi connectivity index (χ0v) is 12.4. The first kappa shape index (κ1) is 15.1. The number of rotatable bonds is 7. The summed E-state index contributed by atoms with van der Waals surface area (Å²) >= 11 is 1.61. The number of nitrogens with one attached hydrogen (secondary N) is 1. The summed E-state index contributed by atoms with van der Waals surface area (Å²) in [6.45, 7) is 5.90. The molecule has 5 heteroatoms. The van der Waals surface area contributed by atoms with E-state index in [0.29, 0.717) is 0 Å². The van der Waals surface area contributed by atoms with E-state index in [9.17, 15) is 5.26 Å². The van der Waals surface area contributed by atoms with Crippen molar-refractivity contribution in [3.8, 4) is 6.07 Å². The minimum Gasteiger partial charge on any atom is -0.437 e. The summed E-state index contributed by atoms with van der Waals surface area (Å²) in [5.41, 5.74) is 0.566. The zero-order valence-electron chi connectivity index (χ0n) is 11.5. The summed E-state index contributed by atoms with van der Waals surface area (Å²) in [6, 6.07) is 2.37. The average molecular weight is 267 g/mol. The molecule has 0 spiro atoms. The lowest BCUT2D eigenvalue weighted by Gasteiger charge is -2.23. The number of oxazole rings is 1. The molecular formula is C13H21N3OS. The van der Waals surface area contributed by atoms with Crippen molar-refractivity contribution in [3.05, 3.63) is 11.5 Å². The normalized spacial score (nSPS) is 14.2. The van der Waals surface area contributed by atoms with Gasteiger partial charge in [-0.2, -0.15) is 5.26 Å². The van der Waals surface area contributed by atoms with Gasteiger partial charge in [-0.25, -0.2) is 4.98 Å². The summed E-state index contributed by atoms with van der Waals surface area (Å²) in [7, 11) is 1.85. The number of aryl methyl sites for hydroxylation is 2. The van der Waals surface area contributed by atoms with E-state index in [1.165, 1.54) is 0 Å². The Morgan fingerprint density at radius 3 is 2.67 bits per heavy atom. The molecule has 100 valence electrons. The van der Waals surface area contributed by atoms with Crippen molar-refractivity contribution < 1.29 is 4.42 Å². The molecule has 0 saturated carbocycles. The van der Waals surface area contributed by atoms with Crippen molar-refractivity contribution in [1.29, 1.82) is 5.26 Å². The molecule has 0 bridgehead atoms. The summed E-state index contributed by atoms with van der Waals surface area (Å²) in [6.07, 6.45) is 2.64. The summed E-state index contributed by atoms with van der Waals surface area (Å²) in [4.78, 5) is 4.32. The molecule has 0 saturated heterocycles. The van der Waals surface area contributed by atoms with Gasteiger partial charge in [0.15, 0.2) is 0 Å². The summed E-state index contributed by atoms with van der Waals surface area (Å²) in [5.74, 6) is 1.80. The number of hydrogen-bond donors (Lipinski definition) is 1. The molecular weight excluding hydrogens is 246 g/mol. The van der Waals surface area contributed by atoms with Crippen molar-refractivity contribution in [2.75, 3.05) is 12.8 Å². The van der Waals surface area contributed by atoms with E-state index in [1.807, 2.05) is 27.8 Å². The molecule has 4 nitrogen and oxygen atoms in total. The highest BCUT2D eigenvalue weighted by Crippen LogP contribution is 2.23. The maximum absolute atomic E-state index is 9.18. The van der Waals surface area contributed by atoms with E-state index in [4.69, 9.17) is 4.42 Å². The maximum Gasteiger partial charge on any atom is 0.256 e. The van der Waals surface area contributed by atoms with Crippen molar-refractivity contribution in [2.24, 2.45) is 0 Å². The molecule has 0 aliphatic heterocycles. The quantitative estimate of drug-likeness (QED) is 0.607. The standard InChI is InChI=1S/C13H21N3OS/c1-5-13(9-14,15-4)7-6-8-18-12-16-10(2)11(3)17-12/h15H,5-8H2,1-4H3. The first-order chi connectivity index (χ1) is 8.56. The van der Waals surface area contributed by atoms with Crippen molar-refractivity contribution in [1.82, 2.24) is 10.3 Å². The topological polar surface area (TPSA) is 61.9 Å². The molecule has 18 heavy (non-hydrogen) atoms. The van der Waals surface area contributed by atoms with Crippen LogP contribution in [0.2, 0.25) is 0 Å². The van der Waals surface area contributed by atoms with Crippen LogP contribution in [-0.2, 0) is 0 Å². The van der Waals surface area contributed by atoms with Gasteiger partial charge in [-0.1, -0.05) is 18.7 Å². The Labute approximate surface area is 113 Å². The van der Waals surface area contributed by atoms with Crippen molar-refractivity contribution in [3.63, 3.8) is 0 Å². The van der Waals surface area contributed by atoms with Crippen molar-refractivity contribution >= 4 is 11.8 Å². The van der Waals surface area contributed by atoms with Crippen LogP contribution in [0.3, 0.4) is 0 Å². The lowest BCUT2D eigenvalue weighted by Crippen LogP contribution is -2.40. The Morgan fingerprint density at radius 1 is 1.50 bits per heavy atom. The van der Waals surface area contributed by atoms with Crippen molar-refractivity contribution in [2.45, 2.75) is 50.8 Å². The minimum absolute atomic E-state index is 0.386. The number of aromatic nitrogens is 1. The molecule has 0 aliphatic carbocycles. The van der Waals surface area contributed by atoms with E-state index in [-0.39, 0.29) is 5.54 Å². The van der Waals surface area contributed by atoms with Crippen LogP contribution in [0.5, 0.6) is 0 Å². The van der Waals surface area contributed by atoms with Gasteiger partial charge in [0.25, 0.3) is 5.22 Å². The fraction of sp³-hybridized carbons (Fsp3) is 0.692. The largest absolute Gasteiger partial charge is 0.437 e. The van der Waals surface area contributed by atoms with Crippen LogP contribution in [0.15, 0.2) is 9.64 Å². The van der Waals surface area contributed by atoms with Gasteiger partial charge in [-0.05, 0) is 40.2 Å². The predicted molar refractivity (Wildman–Crippen MR) is 73.6 cm³/mol. The Hall–Kier alpha value is -0.990. The van der Waals surface area contributed by atoms with Gasteiger partial charge >= 0.3 is 0 Å². The van der Waals surface area contributed by atoms with Gasteiger partial charge in [0.2, 0.25) is 0 Å². The highest BCUT2D eigenvalue weighted by molar-refractivity contribution is 7.99. The molecule has 1 rings (SSSR count). The van der Waals surface area contributed by atoms with Crippen LogP contribution in [0, 0.1) is 25.2 Å². The van der Waals surface area contributed by atoms with Crippen LogP contribution in [0.4, 0.5) is 0 Å². The van der Waals surface area contributed by atoms with Gasteiger partial charge in [-0.3, -0.25) is 0 Å². The van der Waals surface area contributed by atoms with Gasteiger partial charge in [0, 0.05) is 5.75 Å². The van der Waals surface area contributed by atoms with Gasteiger partial charge in [0.1, 0.15) is 11.3 Å². The third-order valence-electron chi connectivity index (χ3n) is 3.28. The molecule has 1 aromatic rings. The van der Waals surface area contributed by atoms with E-state index in [1.54, 1.807) is 11.8 Å². The first-order valence-electron chi connectivity index (χ1n) is 6.24. The Balaban J connectivity index is 2.37. The van der Waals surface area contributed by atoms with Crippen LogP contribution < -0.4 is 5.32 Å². The molecule has 1 heterocycles. The monoisotopic (exact) mass is 267 g/mol. The molecule has 0 fully saturated rings. The number of hydrogen-bond acceptors (Lipinski definition) is 5. The van der Waals surface area contributed by atoms with Gasteiger partial charge < -0.3 is 9.73 Å². The second kappa shape index (κ2) is 6.81. The number of nitrogens with zero attached hydrogens (tertiary/aromatic N) is 2. The van der Waals surface area contributed by atoms with Crippen LogP contribution >= 0.6 is 11.8 Å². The lowest BCUT2D eigenvalue weighted by atomic mass is 9.93. The first-order valence-corrected chi connectivity index (χ1v) is 7.22. The van der Waals surface area contributed by atoms with Crippen LogP contribution in [0.1, 0.15) is 37.6 Å². The molecule has 1 N–H and O–H groups in total. The minimum atomic E-state index is -0.386. The fourth-order valence-corrected chi connectivity index (χ4v) is 2.56. The lowest BCUT2D eigenvalue weighted by molar-refractivity contribution is 0.399. The zero-order chi connectivity index (χ0) is 13.6. The number of thioether (sulfide) groups is 1. The highest BCUT2D eigenvalue weighted by atomic mass is 32.2. The average Bonchev–Trinajstić information content (AvgIpc) is 2.70. The molecule has 0 amide bonds. The number of nitriles is 1. The van der Waals surface area contributed by atoms with Gasteiger partial charge in [-0.15, -0.1) is 0 Å². The Kier molecular flexibility index (Phi) is 5.70.